The van der Waals surface area contributed by atoms with E-state index in [0.29, 0.717) is 46.6 Å². The smallest absolute Gasteiger partial charge is 0.256 e. The van der Waals surface area contributed by atoms with Crippen molar-refractivity contribution in [2.75, 3.05) is 11.9 Å². The van der Waals surface area contributed by atoms with E-state index >= 15 is 0 Å². The van der Waals surface area contributed by atoms with Crippen LogP contribution in [0.4, 0.5) is 5.69 Å². The largest absolute Gasteiger partial charge is 0.494 e. The number of carbonyl (C=O) groups is 1. The lowest BCUT2D eigenvalue weighted by atomic mass is 10.1. The van der Waals surface area contributed by atoms with E-state index in [1.54, 1.807) is 24.4 Å². The number of hydrogen-bond acceptors (Lipinski definition) is 5. The second-order valence-electron chi connectivity index (χ2n) is 7.90. The predicted octanol–water partition coefficient (Wildman–Crippen LogP) is 7.45. The van der Waals surface area contributed by atoms with Gasteiger partial charge in [-0.3, -0.25) is 4.79 Å². The van der Waals surface area contributed by atoms with Gasteiger partial charge in [0.1, 0.15) is 11.5 Å². The van der Waals surface area contributed by atoms with Crippen molar-refractivity contribution in [2.45, 2.75) is 6.92 Å². The maximum atomic E-state index is 13.3. The molecular weight excluding hydrogens is 452 g/mol. The molecule has 0 saturated heterocycles. The minimum atomic E-state index is -0.296. The summed E-state index contributed by atoms with van der Waals surface area (Å²) in [6.45, 7) is 2.55. The maximum absolute atomic E-state index is 13.3. The van der Waals surface area contributed by atoms with Crippen LogP contribution in [0, 0.1) is 0 Å². The highest BCUT2D eigenvalue weighted by Crippen LogP contribution is 2.32. The summed E-state index contributed by atoms with van der Waals surface area (Å²) in [6, 6.07) is 31.5. The van der Waals surface area contributed by atoms with Gasteiger partial charge >= 0.3 is 0 Å². The van der Waals surface area contributed by atoms with Gasteiger partial charge in [0.15, 0.2) is 11.5 Å². The molecule has 0 aliphatic rings. The SMILES string of the molecule is CCOc1ccc(-c2cnc(-c3ccccc3C(=O)Nc3ccccc3Oc3ccccc3)o2)cc1. The highest BCUT2D eigenvalue weighted by molar-refractivity contribution is 6.08. The topological polar surface area (TPSA) is 73.6 Å². The lowest BCUT2D eigenvalue weighted by Crippen LogP contribution is -2.13. The first-order valence-electron chi connectivity index (χ1n) is 11.6. The van der Waals surface area contributed by atoms with Crippen LogP contribution in [0.15, 0.2) is 114 Å². The molecule has 6 heteroatoms. The molecule has 0 spiro atoms. The Bertz CT molecular complexity index is 1460. The Balaban J connectivity index is 1.39. The summed E-state index contributed by atoms with van der Waals surface area (Å²) in [6.07, 6.45) is 1.66. The number of nitrogens with zero attached hydrogens (tertiary/aromatic N) is 1. The predicted molar refractivity (Wildman–Crippen MR) is 139 cm³/mol. The van der Waals surface area contributed by atoms with Crippen LogP contribution in [0.1, 0.15) is 17.3 Å². The normalized spacial score (nSPS) is 10.6. The molecule has 5 aromatic rings. The second-order valence-corrected chi connectivity index (χ2v) is 7.90. The van der Waals surface area contributed by atoms with Gasteiger partial charge in [-0.2, -0.15) is 0 Å². The number of aromatic nitrogens is 1. The number of ether oxygens (including phenoxy) is 2. The van der Waals surface area contributed by atoms with Crippen LogP contribution in [-0.2, 0) is 0 Å². The van der Waals surface area contributed by atoms with Crippen LogP contribution in [0.25, 0.3) is 22.8 Å². The molecule has 178 valence electrons. The van der Waals surface area contributed by atoms with E-state index in [1.165, 1.54) is 0 Å². The van der Waals surface area contributed by atoms with Crippen LogP contribution < -0.4 is 14.8 Å². The van der Waals surface area contributed by atoms with Crippen LogP contribution in [0.5, 0.6) is 17.2 Å². The number of para-hydroxylation sites is 3. The number of carbonyl (C=O) groups excluding carboxylic acids is 1. The summed E-state index contributed by atoms with van der Waals surface area (Å²) in [5, 5.41) is 2.97. The van der Waals surface area contributed by atoms with Crippen molar-refractivity contribution < 1.29 is 18.7 Å². The van der Waals surface area contributed by atoms with Crippen LogP contribution in [-0.4, -0.2) is 17.5 Å². The Morgan fingerprint density at radius 3 is 2.36 bits per heavy atom. The summed E-state index contributed by atoms with van der Waals surface area (Å²) < 4.78 is 17.5. The van der Waals surface area contributed by atoms with Gasteiger partial charge in [0, 0.05) is 11.1 Å². The molecule has 0 saturated carbocycles. The van der Waals surface area contributed by atoms with E-state index in [0.717, 1.165) is 11.3 Å². The summed E-state index contributed by atoms with van der Waals surface area (Å²) in [5.41, 5.74) is 2.45. The zero-order chi connectivity index (χ0) is 24.7. The molecule has 0 unspecified atom stereocenters. The third-order valence-electron chi connectivity index (χ3n) is 5.46. The van der Waals surface area contributed by atoms with Gasteiger partial charge in [0.05, 0.1) is 24.1 Å². The molecule has 5 rings (SSSR count). The molecule has 36 heavy (non-hydrogen) atoms. The number of rotatable bonds is 8. The summed E-state index contributed by atoms with van der Waals surface area (Å²) in [7, 11) is 0. The van der Waals surface area contributed by atoms with Gasteiger partial charge in [0.25, 0.3) is 5.91 Å². The molecule has 1 amide bonds. The number of amides is 1. The third-order valence-corrected chi connectivity index (χ3v) is 5.46. The van der Waals surface area contributed by atoms with E-state index in [9.17, 15) is 4.79 Å². The number of nitrogens with one attached hydrogen (secondary N) is 1. The molecule has 0 aliphatic heterocycles. The molecule has 0 fully saturated rings. The van der Waals surface area contributed by atoms with Gasteiger partial charge in [-0.05, 0) is 67.6 Å². The molecule has 4 aromatic carbocycles. The van der Waals surface area contributed by atoms with Gasteiger partial charge in [-0.15, -0.1) is 0 Å². The zero-order valence-corrected chi connectivity index (χ0v) is 19.7. The fourth-order valence-corrected chi connectivity index (χ4v) is 3.75. The van der Waals surface area contributed by atoms with Crippen molar-refractivity contribution >= 4 is 11.6 Å². The molecule has 1 N–H and O–H groups in total. The number of hydrogen-bond donors (Lipinski definition) is 1. The van der Waals surface area contributed by atoms with Crippen molar-refractivity contribution in [3.63, 3.8) is 0 Å². The van der Waals surface area contributed by atoms with Crippen LogP contribution >= 0.6 is 0 Å². The van der Waals surface area contributed by atoms with E-state index in [-0.39, 0.29) is 5.91 Å². The molecule has 0 radical (unpaired) electrons. The molecule has 6 nitrogen and oxygen atoms in total. The second kappa shape index (κ2) is 10.6. The van der Waals surface area contributed by atoms with E-state index in [4.69, 9.17) is 13.9 Å². The Kier molecular flexibility index (Phi) is 6.76. The monoisotopic (exact) mass is 476 g/mol. The number of oxazole rings is 1. The Morgan fingerprint density at radius 1 is 0.833 bits per heavy atom. The lowest BCUT2D eigenvalue weighted by molar-refractivity contribution is 0.102. The highest BCUT2D eigenvalue weighted by Gasteiger charge is 2.18. The van der Waals surface area contributed by atoms with E-state index in [2.05, 4.69) is 10.3 Å². The molecule has 1 aromatic heterocycles. The molecule has 0 bridgehead atoms. The van der Waals surface area contributed by atoms with Crippen molar-refractivity contribution in [2.24, 2.45) is 0 Å². The standard InChI is InChI=1S/C30H24N2O4/c1-2-34-22-18-16-21(17-19-22)28-20-31-30(36-28)25-13-7-6-12-24(25)29(33)32-26-14-8-9-15-27(26)35-23-10-4-3-5-11-23/h3-20H,2H2,1H3,(H,32,33). The molecule has 1 heterocycles. The van der Waals surface area contributed by atoms with Gasteiger partial charge < -0.3 is 19.2 Å². The van der Waals surface area contributed by atoms with Crippen LogP contribution in [0.3, 0.4) is 0 Å². The fourth-order valence-electron chi connectivity index (χ4n) is 3.75. The van der Waals surface area contributed by atoms with E-state index in [1.807, 2.05) is 91.9 Å². The third kappa shape index (κ3) is 5.13. The average molecular weight is 477 g/mol. The van der Waals surface area contributed by atoms with Crippen molar-refractivity contribution in [3.8, 4) is 40.0 Å². The quantitative estimate of drug-likeness (QED) is 0.252. The molecular formula is C30H24N2O4. The molecule has 0 atom stereocenters. The Labute approximate surface area is 209 Å². The molecule has 0 aliphatic carbocycles. The first-order chi connectivity index (χ1) is 17.7. The highest BCUT2D eigenvalue weighted by atomic mass is 16.5. The Hall–Kier alpha value is -4.84. The minimum Gasteiger partial charge on any atom is -0.494 e. The first kappa shape index (κ1) is 22.9. The zero-order valence-electron chi connectivity index (χ0n) is 19.7. The van der Waals surface area contributed by atoms with Crippen molar-refractivity contribution in [1.82, 2.24) is 4.98 Å². The number of anilines is 1. The van der Waals surface area contributed by atoms with Gasteiger partial charge in [0.2, 0.25) is 5.89 Å². The van der Waals surface area contributed by atoms with E-state index < -0.39 is 0 Å². The average Bonchev–Trinajstić information content (AvgIpc) is 3.41. The summed E-state index contributed by atoms with van der Waals surface area (Å²) >= 11 is 0. The summed E-state index contributed by atoms with van der Waals surface area (Å²) in [5.74, 6) is 2.68. The van der Waals surface area contributed by atoms with Crippen molar-refractivity contribution in [1.29, 1.82) is 0 Å². The van der Waals surface area contributed by atoms with Gasteiger partial charge in [-0.1, -0.05) is 42.5 Å². The van der Waals surface area contributed by atoms with Crippen LogP contribution in [0.2, 0.25) is 0 Å². The Morgan fingerprint density at radius 2 is 1.56 bits per heavy atom. The fraction of sp³-hybridized carbons (Fsp3) is 0.0667. The first-order valence-corrected chi connectivity index (χ1v) is 11.6. The minimum absolute atomic E-state index is 0.296. The lowest BCUT2D eigenvalue weighted by Gasteiger charge is -2.13. The van der Waals surface area contributed by atoms with Gasteiger partial charge in [-0.25, -0.2) is 4.98 Å². The number of benzene rings is 4. The van der Waals surface area contributed by atoms with Crippen molar-refractivity contribution in [3.05, 3.63) is 115 Å². The maximum Gasteiger partial charge on any atom is 0.256 e. The summed E-state index contributed by atoms with van der Waals surface area (Å²) in [4.78, 5) is 17.8.